The van der Waals surface area contributed by atoms with Crippen LogP contribution in [0.3, 0.4) is 0 Å². The number of hydrogen-bond acceptors (Lipinski definition) is 2. The number of alkyl carbamates (subject to hydrolysis) is 1. The van der Waals surface area contributed by atoms with E-state index >= 15 is 0 Å². The fraction of sp³-hybridized carbons (Fsp3) is 0.857. The van der Waals surface area contributed by atoms with Crippen LogP contribution < -0.4 is 5.32 Å². The number of halogens is 2. The molecule has 0 heterocycles. The maximum absolute atomic E-state index is 12.5. The summed E-state index contributed by atoms with van der Waals surface area (Å²) < 4.78 is 29.7. The first-order valence-corrected chi connectivity index (χ1v) is 3.80. The van der Waals surface area contributed by atoms with E-state index in [4.69, 9.17) is 0 Å². The van der Waals surface area contributed by atoms with Gasteiger partial charge in [0.2, 0.25) is 0 Å². The van der Waals surface area contributed by atoms with Gasteiger partial charge in [0.05, 0.1) is 0 Å². The van der Waals surface area contributed by atoms with E-state index in [0.29, 0.717) is 0 Å². The van der Waals surface area contributed by atoms with Crippen molar-refractivity contribution in [3.8, 4) is 0 Å². The van der Waals surface area contributed by atoms with Gasteiger partial charge in [0.1, 0.15) is 6.10 Å². The third-order valence-corrected chi connectivity index (χ3v) is 1.84. The third kappa shape index (κ3) is 2.32. The predicted molar refractivity (Wildman–Crippen MR) is 38.1 cm³/mol. The van der Waals surface area contributed by atoms with E-state index in [1.54, 1.807) is 0 Å². The number of nitrogens with one attached hydrogen (secondary N) is 1. The Morgan fingerprint density at radius 2 is 2.33 bits per heavy atom. The van der Waals surface area contributed by atoms with E-state index in [2.05, 4.69) is 10.1 Å². The summed E-state index contributed by atoms with van der Waals surface area (Å²) >= 11 is 0. The van der Waals surface area contributed by atoms with Gasteiger partial charge in [-0.3, -0.25) is 0 Å². The molecule has 1 aliphatic carbocycles. The molecule has 1 fully saturated rings. The fourth-order valence-electron chi connectivity index (χ4n) is 1.22. The lowest BCUT2D eigenvalue weighted by Crippen LogP contribution is -2.25. The molecule has 1 aliphatic rings. The van der Waals surface area contributed by atoms with Crippen LogP contribution in [0.25, 0.3) is 0 Å². The molecular weight excluding hydrogens is 168 g/mol. The Morgan fingerprint density at radius 3 is 2.75 bits per heavy atom. The average Bonchev–Trinajstić information content (AvgIpc) is 2.30. The van der Waals surface area contributed by atoms with Gasteiger partial charge in [0.15, 0.2) is 0 Å². The minimum absolute atomic E-state index is 0.186. The minimum atomic E-state index is -2.65. The van der Waals surface area contributed by atoms with Crippen molar-refractivity contribution in [1.82, 2.24) is 5.32 Å². The first-order chi connectivity index (χ1) is 5.53. The molecule has 1 amide bonds. The van der Waals surface area contributed by atoms with Gasteiger partial charge in [-0.05, 0) is 6.42 Å². The number of amides is 1. The van der Waals surface area contributed by atoms with Crippen molar-refractivity contribution in [3.63, 3.8) is 0 Å². The lowest BCUT2D eigenvalue weighted by molar-refractivity contribution is -0.00593. The molecule has 0 saturated heterocycles. The Morgan fingerprint density at radius 1 is 1.67 bits per heavy atom. The molecule has 0 aromatic carbocycles. The first kappa shape index (κ1) is 9.22. The number of hydrogen-bond donors (Lipinski definition) is 1. The van der Waals surface area contributed by atoms with Crippen molar-refractivity contribution in [2.24, 2.45) is 0 Å². The summed E-state index contributed by atoms with van der Waals surface area (Å²) in [4.78, 5) is 10.6. The Hall–Kier alpha value is -0.870. The molecule has 3 nitrogen and oxygen atoms in total. The van der Waals surface area contributed by atoms with Gasteiger partial charge in [0.25, 0.3) is 5.92 Å². The quantitative estimate of drug-likeness (QED) is 0.662. The summed E-state index contributed by atoms with van der Waals surface area (Å²) in [5, 5.41) is 2.21. The molecule has 1 rings (SSSR count). The molecule has 0 radical (unpaired) electrons. The zero-order valence-electron chi connectivity index (χ0n) is 6.77. The van der Waals surface area contributed by atoms with Crippen LogP contribution in [0.1, 0.15) is 19.3 Å². The van der Waals surface area contributed by atoms with Crippen LogP contribution in [-0.4, -0.2) is 25.2 Å². The summed E-state index contributed by atoms with van der Waals surface area (Å²) in [6.45, 7) is 0. The molecule has 1 saturated carbocycles. The zero-order valence-corrected chi connectivity index (χ0v) is 6.77. The minimum Gasteiger partial charge on any atom is -0.446 e. The third-order valence-electron chi connectivity index (χ3n) is 1.84. The van der Waals surface area contributed by atoms with Gasteiger partial charge in [0, 0.05) is 19.9 Å². The molecule has 5 heteroatoms. The van der Waals surface area contributed by atoms with Gasteiger partial charge < -0.3 is 10.1 Å². The van der Waals surface area contributed by atoms with Gasteiger partial charge in [-0.15, -0.1) is 0 Å². The summed E-state index contributed by atoms with van der Waals surface area (Å²) in [5.74, 6) is -2.65. The van der Waals surface area contributed by atoms with E-state index in [1.807, 2.05) is 0 Å². The highest BCUT2D eigenvalue weighted by molar-refractivity contribution is 5.66. The highest BCUT2D eigenvalue weighted by Crippen LogP contribution is 2.36. The zero-order chi connectivity index (χ0) is 9.19. The summed E-state index contributed by atoms with van der Waals surface area (Å²) in [5.41, 5.74) is 0. The lowest BCUT2D eigenvalue weighted by atomic mass is 10.3. The van der Waals surface area contributed by atoms with Crippen molar-refractivity contribution in [3.05, 3.63) is 0 Å². The molecule has 0 unspecified atom stereocenters. The first-order valence-electron chi connectivity index (χ1n) is 3.80. The summed E-state index contributed by atoms with van der Waals surface area (Å²) in [6.07, 6.45) is -1.55. The highest BCUT2D eigenvalue weighted by Gasteiger charge is 2.41. The van der Waals surface area contributed by atoms with Crippen LogP contribution in [-0.2, 0) is 4.74 Å². The number of carbonyl (C=O) groups excluding carboxylic acids is 1. The predicted octanol–water partition coefficient (Wildman–Crippen LogP) is 1.53. The maximum atomic E-state index is 12.5. The SMILES string of the molecule is CNC(=O)O[C@@H]1CCC(F)(F)C1. The largest absolute Gasteiger partial charge is 0.446 e. The maximum Gasteiger partial charge on any atom is 0.407 e. The molecule has 70 valence electrons. The van der Waals surface area contributed by atoms with Crippen LogP contribution >= 0.6 is 0 Å². The van der Waals surface area contributed by atoms with Gasteiger partial charge >= 0.3 is 6.09 Å². The number of carbonyl (C=O) groups is 1. The van der Waals surface area contributed by atoms with Crippen molar-refractivity contribution in [2.45, 2.75) is 31.3 Å². The van der Waals surface area contributed by atoms with Crippen molar-refractivity contribution < 1.29 is 18.3 Å². The average molecular weight is 179 g/mol. The molecule has 12 heavy (non-hydrogen) atoms. The van der Waals surface area contributed by atoms with Crippen LogP contribution in [0.2, 0.25) is 0 Å². The molecule has 0 aliphatic heterocycles. The van der Waals surface area contributed by atoms with Crippen molar-refractivity contribution in [2.75, 3.05) is 7.05 Å². The second-order valence-electron chi connectivity index (χ2n) is 2.88. The van der Waals surface area contributed by atoms with E-state index in [1.165, 1.54) is 7.05 Å². The van der Waals surface area contributed by atoms with E-state index in [0.717, 1.165) is 0 Å². The molecule has 0 aromatic heterocycles. The Labute approximate surface area is 69.1 Å². The summed E-state index contributed by atoms with van der Waals surface area (Å²) in [7, 11) is 1.40. The second-order valence-corrected chi connectivity index (χ2v) is 2.88. The molecular formula is C7H11F2NO2. The van der Waals surface area contributed by atoms with Gasteiger partial charge in [-0.2, -0.15) is 0 Å². The molecule has 0 aromatic rings. The van der Waals surface area contributed by atoms with Crippen LogP contribution in [0, 0.1) is 0 Å². The topological polar surface area (TPSA) is 38.3 Å². The van der Waals surface area contributed by atoms with E-state index in [9.17, 15) is 13.6 Å². The van der Waals surface area contributed by atoms with Crippen molar-refractivity contribution in [1.29, 1.82) is 0 Å². The number of ether oxygens (including phenoxy) is 1. The van der Waals surface area contributed by atoms with Crippen LogP contribution in [0.4, 0.5) is 13.6 Å². The Kier molecular flexibility index (Phi) is 2.49. The fourth-order valence-corrected chi connectivity index (χ4v) is 1.22. The Bertz CT molecular complexity index is 184. The molecule has 0 bridgehead atoms. The van der Waals surface area contributed by atoms with Gasteiger partial charge in [-0.25, -0.2) is 13.6 Å². The highest BCUT2D eigenvalue weighted by atomic mass is 19.3. The standard InChI is InChI=1S/C7H11F2NO2/c1-10-6(11)12-5-2-3-7(8,9)4-5/h5H,2-4H2,1H3,(H,10,11)/t5-/m1/s1. The van der Waals surface area contributed by atoms with Gasteiger partial charge in [-0.1, -0.05) is 0 Å². The lowest BCUT2D eigenvalue weighted by Gasteiger charge is -2.11. The van der Waals surface area contributed by atoms with Crippen LogP contribution in [0.15, 0.2) is 0 Å². The monoisotopic (exact) mass is 179 g/mol. The number of rotatable bonds is 1. The van der Waals surface area contributed by atoms with Crippen molar-refractivity contribution >= 4 is 6.09 Å². The Balaban J connectivity index is 2.33. The molecule has 1 atom stereocenters. The smallest absolute Gasteiger partial charge is 0.407 e. The van der Waals surface area contributed by atoms with E-state index < -0.39 is 18.1 Å². The normalized spacial score (nSPS) is 26.8. The summed E-state index contributed by atoms with van der Waals surface area (Å²) in [6, 6.07) is 0. The molecule has 0 spiro atoms. The van der Waals surface area contributed by atoms with Crippen LogP contribution in [0.5, 0.6) is 0 Å². The number of alkyl halides is 2. The van der Waals surface area contributed by atoms with E-state index in [-0.39, 0.29) is 19.3 Å². The second kappa shape index (κ2) is 3.25. The molecule has 1 N–H and O–H groups in total.